The first-order chi connectivity index (χ1) is 13.2. The van der Waals surface area contributed by atoms with E-state index < -0.39 is 0 Å². The standard InChI is InChI=1S/C22H28N2O3/c1-26-20-10-6-17(7-11-20)15-23-22(25)24-14-4-3-5-19(16-24)18-8-12-21(27-2)13-9-18/h6-13,19H,3-5,14-16H2,1-2H3,(H,23,25). The third-order valence-corrected chi connectivity index (χ3v) is 5.15. The molecule has 0 aliphatic carbocycles. The third kappa shape index (κ3) is 5.16. The predicted molar refractivity (Wildman–Crippen MR) is 106 cm³/mol. The molecule has 5 nitrogen and oxygen atoms in total. The van der Waals surface area contributed by atoms with E-state index in [2.05, 4.69) is 17.4 Å². The summed E-state index contributed by atoms with van der Waals surface area (Å²) in [6.07, 6.45) is 3.29. The Labute approximate surface area is 161 Å². The van der Waals surface area contributed by atoms with Crippen LogP contribution in [0.15, 0.2) is 48.5 Å². The Morgan fingerprint density at radius 3 is 2.26 bits per heavy atom. The number of benzene rings is 2. The Kier molecular flexibility index (Phi) is 6.58. The molecule has 1 saturated heterocycles. The second-order valence-corrected chi connectivity index (χ2v) is 6.92. The summed E-state index contributed by atoms with van der Waals surface area (Å²) in [4.78, 5) is 14.6. The largest absolute Gasteiger partial charge is 0.497 e. The van der Waals surface area contributed by atoms with Crippen molar-refractivity contribution in [2.45, 2.75) is 31.7 Å². The van der Waals surface area contributed by atoms with Gasteiger partial charge in [0.05, 0.1) is 14.2 Å². The highest BCUT2D eigenvalue weighted by Crippen LogP contribution is 2.28. The van der Waals surface area contributed by atoms with Crippen LogP contribution in [0.2, 0.25) is 0 Å². The van der Waals surface area contributed by atoms with E-state index in [1.165, 1.54) is 5.56 Å². The smallest absolute Gasteiger partial charge is 0.317 e. The van der Waals surface area contributed by atoms with Crippen molar-refractivity contribution in [3.8, 4) is 11.5 Å². The molecular weight excluding hydrogens is 340 g/mol. The summed E-state index contributed by atoms with van der Waals surface area (Å²) in [5.41, 5.74) is 2.33. The van der Waals surface area contributed by atoms with E-state index in [-0.39, 0.29) is 6.03 Å². The summed E-state index contributed by atoms with van der Waals surface area (Å²) >= 11 is 0. The summed E-state index contributed by atoms with van der Waals surface area (Å²) in [6, 6.07) is 16.0. The minimum atomic E-state index is 0.00577. The lowest BCUT2D eigenvalue weighted by Gasteiger charge is -2.25. The van der Waals surface area contributed by atoms with E-state index in [1.807, 2.05) is 41.3 Å². The molecule has 0 spiro atoms. The van der Waals surface area contributed by atoms with Crippen LogP contribution in [0.4, 0.5) is 4.79 Å². The lowest BCUT2D eigenvalue weighted by Crippen LogP contribution is -2.41. The van der Waals surface area contributed by atoms with Crippen LogP contribution in [0.25, 0.3) is 0 Å². The molecule has 1 N–H and O–H groups in total. The van der Waals surface area contributed by atoms with Gasteiger partial charge in [-0.05, 0) is 48.2 Å². The van der Waals surface area contributed by atoms with Gasteiger partial charge in [-0.15, -0.1) is 0 Å². The lowest BCUT2D eigenvalue weighted by atomic mass is 9.94. The average Bonchev–Trinajstić information content (AvgIpc) is 2.99. The molecule has 1 atom stereocenters. The highest BCUT2D eigenvalue weighted by Gasteiger charge is 2.23. The summed E-state index contributed by atoms with van der Waals surface area (Å²) in [5, 5.41) is 3.05. The minimum absolute atomic E-state index is 0.00577. The van der Waals surface area contributed by atoms with Crippen LogP contribution >= 0.6 is 0 Å². The molecule has 1 aliphatic heterocycles. The highest BCUT2D eigenvalue weighted by molar-refractivity contribution is 5.74. The molecule has 0 bridgehead atoms. The van der Waals surface area contributed by atoms with Crippen molar-refractivity contribution < 1.29 is 14.3 Å². The van der Waals surface area contributed by atoms with E-state index in [0.29, 0.717) is 12.5 Å². The second-order valence-electron chi connectivity index (χ2n) is 6.92. The Hall–Kier alpha value is -2.69. The molecule has 144 valence electrons. The van der Waals surface area contributed by atoms with Gasteiger partial charge >= 0.3 is 6.03 Å². The highest BCUT2D eigenvalue weighted by atomic mass is 16.5. The second kappa shape index (κ2) is 9.31. The predicted octanol–water partition coefficient (Wildman–Crippen LogP) is 4.18. The van der Waals surface area contributed by atoms with Crippen molar-refractivity contribution >= 4 is 6.03 Å². The maximum absolute atomic E-state index is 12.7. The number of amides is 2. The van der Waals surface area contributed by atoms with Crippen LogP contribution in [0.1, 0.15) is 36.3 Å². The molecule has 1 heterocycles. The molecule has 0 radical (unpaired) electrons. The minimum Gasteiger partial charge on any atom is -0.497 e. The van der Waals surface area contributed by atoms with Crippen LogP contribution in [0.5, 0.6) is 11.5 Å². The third-order valence-electron chi connectivity index (χ3n) is 5.15. The Bertz CT molecular complexity index is 728. The van der Waals surface area contributed by atoms with Gasteiger partial charge in [0, 0.05) is 25.6 Å². The van der Waals surface area contributed by atoms with Crippen LogP contribution in [0, 0.1) is 0 Å². The van der Waals surface area contributed by atoms with Gasteiger partial charge in [-0.25, -0.2) is 4.79 Å². The van der Waals surface area contributed by atoms with Gasteiger partial charge < -0.3 is 19.7 Å². The van der Waals surface area contributed by atoms with Gasteiger partial charge in [0.1, 0.15) is 11.5 Å². The van der Waals surface area contributed by atoms with Crippen LogP contribution in [0.3, 0.4) is 0 Å². The van der Waals surface area contributed by atoms with Crippen molar-refractivity contribution in [2.75, 3.05) is 27.3 Å². The first kappa shape index (κ1) is 19.1. The molecule has 0 saturated carbocycles. The van der Waals surface area contributed by atoms with Gasteiger partial charge in [-0.3, -0.25) is 0 Å². The number of hydrogen-bond acceptors (Lipinski definition) is 3. The zero-order valence-corrected chi connectivity index (χ0v) is 16.1. The van der Waals surface area contributed by atoms with E-state index in [0.717, 1.165) is 49.4 Å². The molecule has 1 unspecified atom stereocenters. The topological polar surface area (TPSA) is 50.8 Å². The fourth-order valence-electron chi connectivity index (χ4n) is 3.51. The fraction of sp³-hybridized carbons (Fsp3) is 0.409. The number of hydrogen-bond donors (Lipinski definition) is 1. The molecular formula is C22H28N2O3. The number of carbonyl (C=O) groups is 1. The maximum Gasteiger partial charge on any atom is 0.317 e. The molecule has 2 aromatic rings. The van der Waals surface area contributed by atoms with E-state index in [1.54, 1.807) is 14.2 Å². The molecule has 2 amide bonds. The molecule has 5 heteroatoms. The molecule has 27 heavy (non-hydrogen) atoms. The number of carbonyl (C=O) groups excluding carboxylic acids is 1. The molecule has 3 rings (SSSR count). The SMILES string of the molecule is COc1ccc(CNC(=O)N2CCCCC(c3ccc(OC)cc3)C2)cc1. The van der Waals surface area contributed by atoms with E-state index in [4.69, 9.17) is 9.47 Å². The quantitative estimate of drug-likeness (QED) is 0.861. The molecule has 0 aromatic heterocycles. The number of nitrogens with one attached hydrogen (secondary N) is 1. The van der Waals surface area contributed by atoms with Crippen LogP contribution in [-0.4, -0.2) is 38.2 Å². The van der Waals surface area contributed by atoms with Crippen LogP contribution < -0.4 is 14.8 Å². The first-order valence-corrected chi connectivity index (χ1v) is 9.49. The number of nitrogens with zero attached hydrogens (tertiary/aromatic N) is 1. The summed E-state index contributed by atoms with van der Waals surface area (Å²) in [5.74, 6) is 2.05. The number of rotatable bonds is 5. The number of likely N-dealkylation sites (tertiary alicyclic amines) is 1. The lowest BCUT2D eigenvalue weighted by molar-refractivity contribution is 0.197. The fourth-order valence-corrected chi connectivity index (χ4v) is 3.51. The van der Waals surface area contributed by atoms with E-state index in [9.17, 15) is 4.79 Å². The first-order valence-electron chi connectivity index (χ1n) is 9.49. The Balaban J connectivity index is 1.59. The van der Waals surface area contributed by atoms with Crippen molar-refractivity contribution in [1.29, 1.82) is 0 Å². The van der Waals surface area contributed by atoms with E-state index >= 15 is 0 Å². The van der Waals surface area contributed by atoms with Crippen molar-refractivity contribution in [2.24, 2.45) is 0 Å². The van der Waals surface area contributed by atoms with Crippen molar-refractivity contribution in [3.63, 3.8) is 0 Å². The molecule has 2 aromatic carbocycles. The number of ether oxygens (including phenoxy) is 2. The molecule has 1 fully saturated rings. The Morgan fingerprint density at radius 1 is 1.00 bits per heavy atom. The average molecular weight is 368 g/mol. The summed E-state index contributed by atoms with van der Waals surface area (Å²) < 4.78 is 10.4. The van der Waals surface area contributed by atoms with Gasteiger partial charge in [-0.1, -0.05) is 30.7 Å². The summed E-state index contributed by atoms with van der Waals surface area (Å²) in [6.45, 7) is 2.08. The number of methoxy groups -OCH3 is 2. The van der Waals surface area contributed by atoms with Gasteiger partial charge in [0.15, 0.2) is 0 Å². The summed E-state index contributed by atoms with van der Waals surface area (Å²) in [7, 11) is 3.32. The monoisotopic (exact) mass is 368 g/mol. The van der Waals surface area contributed by atoms with Gasteiger partial charge in [0.2, 0.25) is 0 Å². The van der Waals surface area contributed by atoms with Crippen molar-refractivity contribution in [3.05, 3.63) is 59.7 Å². The van der Waals surface area contributed by atoms with Gasteiger partial charge in [0.25, 0.3) is 0 Å². The zero-order valence-electron chi connectivity index (χ0n) is 16.1. The zero-order chi connectivity index (χ0) is 19.1. The van der Waals surface area contributed by atoms with Gasteiger partial charge in [-0.2, -0.15) is 0 Å². The molecule has 1 aliphatic rings. The number of urea groups is 1. The maximum atomic E-state index is 12.7. The normalized spacial score (nSPS) is 17.1. The Morgan fingerprint density at radius 2 is 1.63 bits per heavy atom. The van der Waals surface area contributed by atoms with Crippen molar-refractivity contribution in [1.82, 2.24) is 10.2 Å². The van der Waals surface area contributed by atoms with Crippen LogP contribution in [-0.2, 0) is 6.54 Å².